The number of hydrogen-bond acceptors (Lipinski definition) is 3. The molecule has 0 aromatic rings. The summed E-state index contributed by atoms with van der Waals surface area (Å²) < 4.78 is 0. The van der Waals surface area contributed by atoms with Crippen molar-refractivity contribution in [2.75, 3.05) is 6.54 Å². The maximum Gasteiger partial charge on any atom is 0.121 e. The van der Waals surface area contributed by atoms with Crippen molar-refractivity contribution in [1.82, 2.24) is 0 Å². The first-order chi connectivity index (χ1) is 3.27. The maximum absolute atomic E-state index is 8.32. The van der Waals surface area contributed by atoms with Crippen LogP contribution in [0.2, 0.25) is 0 Å². The van der Waals surface area contributed by atoms with Gasteiger partial charge in [0.05, 0.1) is 0 Å². The second-order valence-electron chi connectivity index (χ2n) is 1.15. The van der Waals surface area contributed by atoms with Crippen molar-refractivity contribution in [1.29, 1.82) is 0 Å². The molecule has 0 radical (unpaired) electrons. The molecule has 0 aromatic carbocycles. The molecule has 0 saturated heterocycles. The SMILES string of the molecule is NCC=CC(N)O. The average molecular weight is 102 g/mol. The van der Waals surface area contributed by atoms with E-state index in [9.17, 15) is 0 Å². The molecule has 0 aromatic heterocycles. The van der Waals surface area contributed by atoms with Gasteiger partial charge in [0, 0.05) is 6.54 Å². The van der Waals surface area contributed by atoms with Crippen molar-refractivity contribution in [2.24, 2.45) is 11.5 Å². The molecule has 3 nitrogen and oxygen atoms in total. The van der Waals surface area contributed by atoms with Crippen LogP contribution in [0.5, 0.6) is 0 Å². The highest BCUT2D eigenvalue weighted by Crippen LogP contribution is 1.70. The van der Waals surface area contributed by atoms with E-state index in [0.717, 1.165) is 0 Å². The molecule has 0 heterocycles. The zero-order chi connectivity index (χ0) is 5.70. The van der Waals surface area contributed by atoms with E-state index in [-0.39, 0.29) is 0 Å². The smallest absolute Gasteiger partial charge is 0.121 e. The van der Waals surface area contributed by atoms with Gasteiger partial charge in [-0.15, -0.1) is 0 Å². The number of rotatable bonds is 2. The van der Waals surface area contributed by atoms with Gasteiger partial charge in [-0.25, -0.2) is 0 Å². The molecular weight excluding hydrogens is 92.1 g/mol. The second kappa shape index (κ2) is 3.80. The third-order valence-electron chi connectivity index (χ3n) is 0.469. The molecule has 7 heavy (non-hydrogen) atoms. The lowest BCUT2D eigenvalue weighted by Gasteiger charge is -1.89. The third-order valence-corrected chi connectivity index (χ3v) is 0.469. The summed E-state index contributed by atoms with van der Waals surface area (Å²) in [6, 6.07) is 0. The van der Waals surface area contributed by atoms with Gasteiger partial charge >= 0.3 is 0 Å². The summed E-state index contributed by atoms with van der Waals surface area (Å²) in [5.74, 6) is 0. The van der Waals surface area contributed by atoms with Gasteiger partial charge in [0.1, 0.15) is 6.23 Å². The van der Waals surface area contributed by atoms with Gasteiger partial charge in [-0.2, -0.15) is 0 Å². The first kappa shape index (κ1) is 6.62. The van der Waals surface area contributed by atoms with Crippen LogP contribution < -0.4 is 11.5 Å². The van der Waals surface area contributed by atoms with E-state index in [4.69, 9.17) is 16.6 Å². The minimum Gasteiger partial charge on any atom is -0.375 e. The summed E-state index contributed by atoms with van der Waals surface area (Å²) in [4.78, 5) is 0. The summed E-state index contributed by atoms with van der Waals surface area (Å²) >= 11 is 0. The Balaban J connectivity index is 3.08. The van der Waals surface area contributed by atoms with Crippen molar-refractivity contribution in [3.05, 3.63) is 12.2 Å². The molecule has 0 spiro atoms. The first-order valence-electron chi connectivity index (χ1n) is 2.07. The van der Waals surface area contributed by atoms with Gasteiger partial charge in [0.2, 0.25) is 0 Å². The molecule has 0 fully saturated rings. The predicted molar refractivity (Wildman–Crippen MR) is 28.4 cm³/mol. The normalized spacial score (nSPS) is 15.3. The first-order valence-corrected chi connectivity index (χ1v) is 2.07. The molecule has 0 saturated carbocycles. The maximum atomic E-state index is 8.32. The molecule has 3 heteroatoms. The molecule has 5 N–H and O–H groups in total. The Morgan fingerprint density at radius 3 is 2.43 bits per heavy atom. The average Bonchev–Trinajstić information content (AvgIpc) is 1.61. The standard InChI is InChI=1S/C4H10N2O/c5-3-1-2-4(6)7/h1-2,4,7H,3,5-6H2. The van der Waals surface area contributed by atoms with Crippen LogP contribution in [0, 0.1) is 0 Å². The molecule has 0 aliphatic rings. The van der Waals surface area contributed by atoms with Gasteiger partial charge < -0.3 is 16.6 Å². The van der Waals surface area contributed by atoms with Crippen LogP contribution in [0.25, 0.3) is 0 Å². The zero-order valence-electron chi connectivity index (χ0n) is 4.04. The van der Waals surface area contributed by atoms with E-state index in [0.29, 0.717) is 6.54 Å². The molecule has 0 bridgehead atoms. The zero-order valence-corrected chi connectivity index (χ0v) is 4.04. The Kier molecular flexibility index (Phi) is 3.59. The van der Waals surface area contributed by atoms with Crippen LogP contribution in [0.4, 0.5) is 0 Å². The fourth-order valence-electron chi connectivity index (χ4n) is 0.218. The number of nitrogens with two attached hydrogens (primary N) is 2. The van der Waals surface area contributed by atoms with E-state index in [1.54, 1.807) is 6.08 Å². The summed E-state index contributed by atoms with van der Waals surface area (Å²) in [6.07, 6.45) is 2.17. The van der Waals surface area contributed by atoms with Crippen LogP contribution in [0.3, 0.4) is 0 Å². The molecule has 1 unspecified atom stereocenters. The molecule has 42 valence electrons. The van der Waals surface area contributed by atoms with Crippen LogP contribution in [-0.4, -0.2) is 17.9 Å². The summed E-state index contributed by atoms with van der Waals surface area (Å²) in [7, 11) is 0. The van der Waals surface area contributed by atoms with E-state index in [1.165, 1.54) is 6.08 Å². The Hall–Kier alpha value is -0.380. The highest BCUT2D eigenvalue weighted by Gasteiger charge is 1.79. The monoisotopic (exact) mass is 102 g/mol. The molecule has 0 aliphatic heterocycles. The van der Waals surface area contributed by atoms with Gasteiger partial charge in [-0.3, -0.25) is 0 Å². The summed E-state index contributed by atoms with van der Waals surface area (Å²) in [5, 5.41) is 8.32. The van der Waals surface area contributed by atoms with Crippen LogP contribution >= 0.6 is 0 Å². The van der Waals surface area contributed by atoms with Crippen molar-refractivity contribution >= 4 is 0 Å². The lowest BCUT2D eigenvalue weighted by Crippen LogP contribution is -2.15. The quantitative estimate of drug-likeness (QED) is 0.302. The topological polar surface area (TPSA) is 72.3 Å². The lowest BCUT2D eigenvalue weighted by molar-refractivity contribution is 0.231. The van der Waals surface area contributed by atoms with Gasteiger partial charge in [-0.05, 0) is 6.08 Å². The molecule has 0 rings (SSSR count). The Morgan fingerprint density at radius 2 is 2.29 bits per heavy atom. The minimum atomic E-state index is -0.858. The molecule has 0 aliphatic carbocycles. The largest absolute Gasteiger partial charge is 0.375 e. The van der Waals surface area contributed by atoms with Gasteiger partial charge in [0.15, 0.2) is 0 Å². The minimum absolute atomic E-state index is 0.425. The molecular formula is C4H10N2O. The predicted octanol–water partition coefficient (Wildman–Crippen LogP) is -1.22. The third kappa shape index (κ3) is 5.62. The summed E-state index contributed by atoms with van der Waals surface area (Å²) in [6.45, 7) is 0.425. The molecule has 0 amide bonds. The van der Waals surface area contributed by atoms with Crippen LogP contribution in [0.15, 0.2) is 12.2 Å². The van der Waals surface area contributed by atoms with Crippen molar-refractivity contribution in [3.63, 3.8) is 0 Å². The Bertz CT molecular complexity index is 60.7. The van der Waals surface area contributed by atoms with Crippen molar-refractivity contribution < 1.29 is 5.11 Å². The number of hydrogen-bond donors (Lipinski definition) is 3. The van der Waals surface area contributed by atoms with E-state index >= 15 is 0 Å². The van der Waals surface area contributed by atoms with Gasteiger partial charge in [0.25, 0.3) is 0 Å². The number of aliphatic hydroxyl groups is 1. The van der Waals surface area contributed by atoms with Crippen molar-refractivity contribution in [2.45, 2.75) is 6.23 Å². The van der Waals surface area contributed by atoms with Crippen LogP contribution in [0.1, 0.15) is 0 Å². The second-order valence-corrected chi connectivity index (χ2v) is 1.15. The van der Waals surface area contributed by atoms with Crippen LogP contribution in [-0.2, 0) is 0 Å². The van der Waals surface area contributed by atoms with E-state index in [1.807, 2.05) is 0 Å². The highest BCUT2D eigenvalue weighted by molar-refractivity contribution is 4.85. The van der Waals surface area contributed by atoms with E-state index < -0.39 is 6.23 Å². The Morgan fingerprint density at radius 1 is 1.71 bits per heavy atom. The summed E-state index contributed by atoms with van der Waals surface area (Å²) in [5.41, 5.74) is 9.91. The fourth-order valence-corrected chi connectivity index (χ4v) is 0.218. The van der Waals surface area contributed by atoms with Crippen molar-refractivity contribution in [3.8, 4) is 0 Å². The Labute approximate surface area is 42.6 Å². The fraction of sp³-hybridized carbons (Fsp3) is 0.500. The highest BCUT2D eigenvalue weighted by atomic mass is 16.3. The lowest BCUT2D eigenvalue weighted by atomic mass is 10.5. The van der Waals surface area contributed by atoms with Gasteiger partial charge in [-0.1, -0.05) is 6.08 Å². The molecule has 1 atom stereocenters. The van der Waals surface area contributed by atoms with E-state index in [2.05, 4.69) is 0 Å². The number of aliphatic hydroxyl groups excluding tert-OH is 1.